The first-order valence-corrected chi connectivity index (χ1v) is 17.6. The van der Waals surface area contributed by atoms with Crippen LogP contribution in [-0.2, 0) is 32.8 Å². The minimum atomic E-state index is -2.17. The summed E-state index contributed by atoms with van der Waals surface area (Å²) in [5.41, 5.74) is 6.09. The smallest absolute Gasteiger partial charge is 0.329 e. The summed E-state index contributed by atoms with van der Waals surface area (Å²) in [6.07, 6.45) is 7.93. The Morgan fingerprint density at radius 1 is 1.16 bits per heavy atom. The van der Waals surface area contributed by atoms with Gasteiger partial charge in [-0.05, 0) is 47.4 Å². The topological polar surface area (TPSA) is 166 Å². The third-order valence-electron chi connectivity index (χ3n) is 9.36. The fourth-order valence-corrected chi connectivity index (χ4v) is 7.29. The number of aliphatic carboxylic acids is 1. The number of rotatable bonds is 14. The molecule has 3 heterocycles. The number of benzene rings is 2. The number of ether oxygens (including phenoxy) is 3. The quantitative estimate of drug-likeness (QED) is 0.145. The van der Waals surface area contributed by atoms with E-state index in [2.05, 4.69) is 36.0 Å². The van der Waals surface area contributed by atoms with Crippen LogP contribution in [0.25, 0.3) is 5.57 Å². The third kappa shape index (κ3) is 7.65. The number of pyridine rings is 1. The van der Waals surface area contributed by atoms with Gasteiger partial charge >= 0.3 is 5.97 Å². The molecule has 4 aromatic rings. The Labute approximate surface area is 309 Å². The lowest BCUT2D eigenvalue weighted by Gasteiger charge is -2.44. The van der Waals surface area contributed by atoms with Crippen LogP contribution in [-0.4, -0.2) is 85.6 Å². The summed E-state index contributed by atoms with van der Waals surface area (Å²) in [5.74, 6) is -0.286. The molecule has 2 aromatic heterocycles. The van der Waals surface area contributed by atoms with Gasteiger partial charge in [-0.3, -0.25) is 14.7 Å². The zero-order chi connectivity index (χ0) is 36.1. The standard InChI is InChI=1S/C37H39BrClN5O7/c1-35(38)28(26-8-3-2-4-9-26)10-5-13-36(35,33-43-42-31(51-33)21-44-15-17-48-18-16-44)24-50-30-12-11-27(19-29(30)39)32(37(40,23-45)34(46)47)49-22-25-7-6-14-41-20-25/h2-14,19-20,32,45H,15-18,21-24,40H2,1H3,(H,46,47). The SMILES string of the molecule is CC1(Br)C(c2ccccc2)=CC=CC1(COc1ccc(C(OCc2cccnc2)C(N)(CO)C(=O)O)cc1Cl)c1nnc(CN2CCOCC2)o1. The summed E-state index contributed by atoms with van der Waals surface area (Å²) in [6, 6.07) is 18.3. The molecule has 51 heavy (non-hydrogen) atoms. The van der Waals surface area contributed by atoms with Gasteiger partial charge in [0.25, 0.3) is 0 Å². The number of allylic oxidation sites excluding steroid dienone is 3. The molecule has 4 atom stereocenters. The molecule has 4 unspecified atom stereocenters. The Balaban J connectivity index is 1.31. The number of nitrogens with two attached hydrogens (primary N) is 1. The molecule has 2 aliphatic rings. The predicted molar refractivity (Wildman–Crippen MR) is 193 cm³/mol. The Morgan fingerprint density at radius 2 is 1.94 bits per heavy atom. The van der Waals surface area contributed by atoms with E-state index in [1.165, 1.54) is 6.07 Å². The highest BCUT2D eigenvalue weighted by atomic mass is 79.9. The fraction of sp³-hybridized carbons (Fsp3) is 0.351. The molecule has 1 aliphatic carbocycles. The van der Waals surface area contributed by atoms with E-state index < -0.39 is 34.0 Å². The number of carboxylic acids is 1. The van der Waals surface area contributed by atoms with Crippen molar-refractivity contribution in [2.75, 3.05) is 39.5 Å². The van der Waals surface area contributed by atoms with Crippen LogP contribution < -0.4 is 10.5 Å². The molecule has 0 bridgehead atoms. The third-order valence-corrected chi connectivity index (χ3v) is 10.8. The van der Waals surface area contributed by atoms with Crippen LogP contribution in [0.4, 0.5) is 0 Å². The molecule has 12 nitrogen and oxygen atoms in total. The van der Waals surface area contributed by atoms with E-state index in [1.807, 2.05) is 55.5 Å². The molecule has 6 rings (SSSR count). The van der Waals surface area contributed by atoms with Crippen LogP contribution in [0.15, 0.2) is 95.7 Å². The van der Waals surface area contributed by atoms with Crippen molar-refractivity contribution in [2.45, 2.75) is 41.5 Å². The second kappa shape index (κ2) is 15.7. The largest absolute Gasteiger partial charge is 0.491 e. The minimum Gasteiger partial charge on any atom is -0.491 e. The van der Waals surface area contributed by atoms with Crippen molar-refractivity contribution < 1.29 is 33.6 Å². The molecule has 0 radical (unpaired) electrons. The number of halogens is 2. The number of aliphatic hydroxyl groups is 1. The second-order valence-corrected chi connectivity index (χ2v) is 14.7. The van der Waals surface area contributed by atoms with Crippen LogP contribution in [0.5, 0.6) is 5.75 Å². The van der Waals surface area contributed by atoms with Crippen LogP contribution in [0.3, 0.4) is 0 Å². The highest BCUT2D eigenvalue weighted by Crippen LogP contribution is 2.53. The molecule has 0 amide bonds. The van der Waals surface area contributed by atoms with Gasteiger partial charge in [-0.2, -0.15) is 0 Å². The van der Waals surface area contributed by atoms with Crippen molar-refractivity contribution in [2.24, 2.45) is 5.73 Å². The van der Waals surface area contributed by atoms with E-state index in [0.717, 1.165) is 24.2 Å². The van der Waals surface area contributed by atoms with Gasteiger partial charge < -0.3 is 34.6 Å². The summed E-state index contributed by atoms with van der Waals surface area (Å²) in [7, 11) is 0. The Bertz CT molecular complexity index is 1870. The van der Waals surface area contributed by atoms with Crippen molar-refractivity contribution in [1.82, 2.24) is 20.1 Å². The van der Waals surface area contributed by atoms with Crippen LogP contribution >= 0.6 is 27.5 Å². The van der Waals surface area contributed by atoms with E-state index in [-0.39, 0.29) is 18.2 Å². The molecule has 1 fully saturated rings. The van der Waals surface area contributed by atoms with Crippen LogP contribution in [0, 0.1) is 0 Å². The number of morpholine rings is 1. The molecular formula is C37H39BrClN5O7. The Morgan fingerprint density at radius 3 is 2.63 bits per heavy atom. The molecule has 14 heteroatoms. The number of aromatic nitrogens is 3. The maximum atomic E-state index is 12.3. The number of hydrogen-bond acceptors (Lipinski definition) is 11. The van der Waals surface area contributed by atoms with E-state index in [1.54, 1.807) is 36.7 Å². The van der Waals surface area contributed by atoms with Crippen LogP contribution in [0.1, 0.15) is 41.5 Å². The first kappa shape index (κ1) is 36.8. The molecular weight excluding hydrogens is 742 g/mol. The molecule has 0 saturated carbocycles. The summed E-state index contributed by atoms with van der Waals surface area (Å²) < 4.78 is 23.6. The van der Waals surface area contributed by atoms with Crippen molar-refractivity contribution in [3.05, 3.63) is 125 Å². The number of carbonyl (C=O) groups is 1. The molecule has 4 N–H and O–H groups in total. The first-order chi connectivity index (χ1) is 24.6. The maximum Gasteiger partial charge on any atom is 0.329 e. The Kier molecular flexibility index (Phi) is 11.4. The maximum absolute atomic E-state index is 12.3. The van der Waals surface area contributed by atoms with Crippen LogP contribution in [0.2, 0.25) is 5.02 Å². The van der Waals surface area contributed by atoms with Gasteiger partial charge in [-0.15, -0.1) is 10.2 Å². The van der Waals surface area contributed by atoms with Gasteiger partial charge in [-0.1, -0.05) is 88.2 Å². The molecule has 1 aliphatic heterocycles. The number of carboxylic acid groups (broad SMARTS) is 1. The average molecular weight is 781 g/mol. The van der Waals surface area contributed by atoms with E-state index in [9.17, 15) is 15.0 Å². The lowest BCUT2D eigenvalue weighted by Crippen LogP contribution is -2.56. The summed E-state index contributed by atoms with van der Waals surface area (Å²) >= 11 is 10.9. The van der Waals surface area contributed by atoms with Gasteiger partial charge in [0.05, 0.1) is 42.3 Å². The van der Waals surface area contributed by atoms with Gasteiger partial charge in [0, 0.05) is 25.5 Å². The lowest BCUT2D eigenvalue weighted by molar-refractivity contribution is -0.154. The highest BCUT2D eigenvalue weighted by molar-refractivity contribution is 9.10. The average Bonchev–Trinajstić information content (AvgIpc) is 3.61. The highest BCUT2D eigenvalue weighted by Gasteiger charge is 2.55. The predicted octanol–water partition coefficient (Wildman–Crippen LogP) is 5.11. The van der Waals surface area contributed by atoms with E-state index >= 15 is 0 Å². The normalized spacial score (nSPS) is 22.6. The van der Waals surface area contributed by atoms with Crippen molar-refractivity contribution in [3.8, 4) is 5.75 Å². The van der Waals surface area contributed by atoms with E-state index in [4.69, 9.17) is 36.0 Å². The minimum absolute atomic E-state index is 0.00569. The summed E-state index contributed by atoms with van der Waals surface area (Å²) in [5, 5.41) is 29.3. The number of aliphatic hydroxyl groups excluding tert-OH is 1. The summed E-state index contributed by atoms with van der Waals surface area (Å²) in [6.45, 7) is 4.49. The zero-order valence-corrected chi connectivity index (χ0v) is 30.3. The zero-order valence-electron chi connectivity index (χ0n) is 28.0. The number of alkyl halides is 1. The van der Waals surface area contributed by atoms with Crippen molar-refractivity contribution >= 4 is 39.1 Å². The molecule has 1 saturated heterocycles. The lowest BCUT2D eigenvalue weighted by atomic mass is 9.68. The van der Waals surface area contributed by atoms with Gasteiger partial charge in [0.2, 0.25) is 11.8 Å². The number of nitrogens with zero attached hydrogens (tertiary/aromatic N) is 4. The first-order valence-electron chi connectivity index (χ1n) is 16.4. The molecule has 0 spiro atoms. The van der Waals surface area contributed by atoms with Crippen molar-refractivity contribution in [1.29, 1.82) is 0 Å². The van der Waals surface area contributed by atoms with Gasteiger partial charge in [0.1, 0.15) is 23.9 Å². The fourth-order valence-electron chi connectivity index (χ4n) is 6.27. The second-order valence-electron chi connectivity index (χ2n) is 12.7. The van der Waals surface area contributed by atoms with Gasteiger partial charge in [-0.25, -0.2) is 0 Å². The Hall–Kier alpha value is -3.95. The summed E-state index contributed by atoms with van der Waals surface area (Å²) in [4.78, 5) is 18.6. The number of hydrogen-bond donors (Lipinski definition) is 3. The molecule has 2 aromatic carbocycles. The monoisotopic (exact) mass is 779 g/mol. The molecule has 268 valence electrons. The van der Waals surface area contributed by atoms with E-state index in [0.29, 0.717) is 48.4 Å². The van der Waals surface area contributed by atoms with Crippen molar-refractivity contribution in [3.63, 3.8) is 0 Å². The van der Waals surface area contributed by atoms with Gasteiger partial charge in [0.15, 0.2) is 5.54 Å².